The van der Waals surface area contributed by atoms with E-state index in [0.29, 0.717) is 11.7 Å². The van der Waals surface area contributed by atoms with Crippen molar-refractivity contribution in [3.63, 3.8) is 0 Å². The third-order valence-electron chi connectivity index (χ3n) is 4.45. The Kier molecular flexibility index (Phi) is 4.71. The number of hydrogen-bond donors (Lipinski definition) is 0. The SMILES string of the molecule is Cc1ccc(S(=O)(=O)Oc2cccc(C3CCCCC3)c2)cc1. The van der Waals surface area contributed by atoms with Gasteiger partial charge in [-0.05, 0) is 55.5 Å². The van der Waals surface area contributed by atoms with Gasteiger partial charge in [0.1, 0.15) is 10.6 Å². The van der Waals surface area contributed by atoms with E-state index >= 15 is 0 Å². The topological polar surface area (TPSA) is 43.4 Å². The van der Waals surface area contributed by atoms with Crippen molar-refractivity contribution in [1.29, 1.82) is 0 Å². The summed E-state index contributed by atoms with van der Waals surface area (Å²) < 4.78 is 30.1. The van der Waals surface area contributed by atoms with Crippen molar-refractivity contribution >= 4 is 10.1 Å². The van der Waals surface area contributed by atoms with Crippen LogP contribution in [-0.4, -0.2) is 8.42 Å². The first-order valence-corrected chi connectivity index (χ1v) is 9.56. The van der Waals surface area contributed by atoms with Gasteiger partial charge in [0.2, 0.25) is 0 Å². The molecule has 23 heavy (non-hydrogen) atoms. The minimum absolute atomic E-state index is 0.186. The van der Waals surface area contributed by atoms with Crippen LogP contribution >= 0.6 is 0 Å². The fourth-order valence-electron chi connectivity index (χ4n) is 3.14. The maximum atomic E-state index is 12.4. The fraction of sp³-hybridized carbons (Fsp3) is 0.368. The highest BCUT2D eigenvalue weighted by Crippen LogP contribution is 2.34. The Bertz CT molecular complexity index is 757. The van der Waals surface area contributed by atoms with Crippen LogP contribution in [0.2, 0.25) is 0 Å². The summed E-state index contributed by atoms with van der Waals surface area (Å²) in [6.45, 7) is 1.92. The summed E-state index contributed by atoms with van der Waals surface area (Å²) in [6, 6.07) is 14.2. The molecule has 4 heteroatoms. The molecule has 1 aliphatic rings. The van der Waals surface area contributed by atoms with E-state index in [2.05, 4.69) is 6.07 Å². The second-order valence-electron chi connectivity index (χ2n) is 6.26. The molecule has 0 N–H and O–H groups in total. The Labute approximate surface area is 138 Å². The van der Waals surface area contributed by atoms with E-state index < -0.39 is 10.1 Å². The molecule has 0 aromatic heterocycles. The Morgan fingerprint density at radius 2 is 1.65 bits per heavy atom. The first-order valence-electron chi connectivity index (χ1n) is 8.16. The maximum Gasteiger partial charge on any atom is 0.339 e. The first-order chi connectivity index (χ1) is 11.0. The van der Waals surface area contributed by atoms with Gasteiger partial charge in [0.25, 0.3) is 0 Å². The van der Waals surface area contributed by atoms with Gasteiger partial charge in [0, 0.05) is 0 Å². The molecular weight excluding hydrogens is 308 g/mol. The van der Waals surface area contributed by atoms with Crippen LogP contribution in [0.3, 0.4) is 0 Å². The molecule has 122 valence electrons. The summed E-state index contributed by atoms with van der Waals surface area (Å²) in [5.41, 5.74) is 2.20. The van der Waals surface area contributed by atoms with Crippen molar-refractivity contribution in [2.24, 2.45) is 0 Å². The van der Waals surface area contributed by atoms with Gasteiger partial charge in [-0.1, -0.05) is 49.1 Å². The summed E-state index contributed by atoms with van der Waals surface area (Å²) in [4.78, 5) is 0.186. The van der Waals surface area contributed by atoms with Crippen LogP contribution in [0.5, 0.6) is 5.75 Å². The molecule has 1 aliphatic carbocycles. The molecular formula is C19H22O3S. The highest BCUT2D eigenvalue weighted by Gasteiger charge is 2.19. The zero-order valence-electron chi connectivity index (χ0n) is 13.4. The summed E-state index contributed by atoms with van der Waals surface area (Å²) in [7, 11) is -3.78. The summed E-state index contributed by atoms with van der Waals surface area (Å²) in [5, 5.41) is 0. The van der Waals surface area contributed by atoms with E-state index in [0.717, 1.165) is 5.56 Å². The molecule has 3 rings (SSSR count). The lowest BCUT2D eigenvalue weighted by molar-refractivity contribution is 0.441. The Balaban J connectivity index is 1.80. The standard InChI is InChI=1S/C19H22O3S/c1-15-10-12-19(13-11-15)23(20,21)22-18-9-5-8-17(14-18)16-6-3-2-4-7-16/h5,8-14,16H,2-4,6-7H2,1H3. The molecule has 2 aromatic rings. The molecule has 0 unspecified atom stereocenters. The summed E-state index contributed by atoms with van der Waals surface area (Å²) >= 11 is 0. The van der Waals surface area contributed by atoms with Gasteiger partial charge in [0.05, 0.1) is 0 Å². The highest BCUT2D eigenvalue weighted by molar-refractivity contribution is 7.87. The third kappa shape index (κ3) is 3.94. The number of rotatable bonds is 4. The van der Waals surface area contributed by atoms with Crippen LogP contribution in [0.4, 0.5) is 0 Å². The van der Waals surface area contributed by atoms with Crippen molar-refractivity contribution in [1.82, 2.24) is 0 Å². The van der Waals surface area contributed by atoms with E-state index in [-0.39, 0.29) is 4.90 Å². The lowest BCUT2D eigenvalue weighted by Gasteiger charge is -2.22. The second kappa shape index (κ2) is 6.75. The minimum atomic E-state index is -3.78. The Morgan fingerprint density at radius 1 is 0.957 bits per heavy atom. The largest absolute Gasteiger partial charge is 0.379 e. The molecule has 0 radical (unpaired) electrons. The lowest BCUT2D eigenvalue weighted by Crippen LogP contribution is -2.10. The van der Waals surface area contributed by atoms with Crippen molar-refractivity contribution in [2.75, 3.05) is 0 Å². The molecule has 1 saturated carbocycles. The van der Waals surface area contributed by atoms with Crippen molar-refractivity contribution in [3.05, 3.63) is 59.7 Å². The van der Waals surface area contributed by atoms with Crippen LogP contribution in [0.1, 0.15) is 49.1 Å². The van der Waals surface area contributed by atoms with Crippen LogP contribution in [-0.2, 0) is 10.1 Å². The van der Waals surface area contributed by atoms with Gasteiger partial charge in [0.15, 0.2) is 0 Å². The summed E-state index contributed by atoms with van der Waals surface area (Å²) in [5.74, 6) is 0.919. The zero-order valence-corrected chi connectivity index (χ0v) is 14.2. The van der Waals surface area contributed by atoms with Gasteiger partial charge < -0.3 is 4.18 Å². The molecule has 3 nitrogen and oxygen atoms in total. The average Bonchev–Trinajstić information content (AvgIpc) is 2.56. The van der Waals surface area contributed by atoms with Gasteiger partial charge >= 0.3 is 10.1 Å². The predicted octanol–water partition coefficient (Wildman–Crippen LogP) is 4.81. The molecule has 0 saturated heterocycles. The normalized spacial score (nSPS) is 16.2. The molecule has 0 amide bonds. The molecule has 2 aromatic carbocycles. The molecule has 0 atom stereocenters. The molecule has 0 bridgehead atoms. The fourth-order valence-corrected chi connectivity index (χ4v) is 4.06. The van der Waals surface area contributed by atoms with Crippen LogP contribution in [0, 0.1) is 6.92 Å². The second-order valence-corrected chi connectivity index (χ2v) is 7.80. The molecule has 0 spiro atoms. The van der Waals surface area contributed by atoms with Gasteiger partial charge in [-0.25, -0.2) is 0 Å². The van der Waals surface area contributed by atoms with E-state index in [1.165, 1.54) is 37.7 Å². The number of aryl methyl sites for hydroxylation is 1. The average molecular weight is 330 g/mol. The predicted molar refractivity (Wildman–Crippen MR) is 91.3 cm³/mol. The quantitative estimate of drug-likeness (QED) is 0.756. The first kappa shape index (κ1) is 16.1. The van der Waals surface area contributed by atoms with Crippen LogP contribution < -0.4 is 4.18 Å². The minimum Gasteiger partial charge on any atom is -0.379 e. The molecule has 0 heterocycles. The smallest absolute Gasteiger partial charge is 0.339 e. The number of benzene rings is 2. The Morgan fingerprint density at radius 3 is 2.35 bits per heavy atom. The van der Waals surface area contributed by atoms with E-state index in [9.17, 15) is 8.42 Å². The van der Waals surface area contributed by atoms with Crippen molar-refractivity contribution in [2.45, 2.75) is 49.8 Å². The monoisotopic (exact) mass is 330 g/mol. The Hall–Kier alpha value is -1.81. The lowest BCUT2D eigenvalue weighted by atomic mass is 9.84. The maximum absolute atomic E-state index is 12.4. The van der Waals surface area contributed by atoms with Gasteiger partial charge in [-0.3, -0.25) is 0 Å². The molecule has 0 aliphatic heterocycles. The zero-order chi connectivity index (χ0) is 16.3. The van der Waals surface area contributed by atoms with Gasteiger partial charge in [-0.2, -0.15) is 8.42 Å². The van der Waals surface area contributed by atoms with E-state index in [1.54, 1.807) is 30.3 Å². The van der Waals surface area contributed by atoms with Gasteiger partial charge in [-0.15, -0.1) is 0 Å². The third-order valence-corrected chi connectivity index (χ3v) is 5.71. The van der Waals surface area contributed by atoms with Crippen molar-refractivity contribution < 1.29 is 12.6 Å². The van der Waals surface area contributed by atoms with E-state index in [4.69, 9.17) is 4.18 Å². The van der Waals surface area contributed by atoms with Crippen LogP contribution in [0.15, 0.2) is 53.4 Å². The summed E-state index contributed by atoms with van der Waals surface area (Å²) in [6.07, 6.45) is 6.14. The van der Waals surface area contributed by atoms with E-state index in [1.807, 2.05) is 19.1 Å². The highest BCUT2D eigenvalue weighted by atomic mass is 32.2. The van der Waals surface area contributed by atoms with Crippen molar-refractivity contribution in [3.8, 4) is 5.75 Å². The van der Waals surface area contributed by atoms with Crippen LogP contribution in [0.25, 0.3) is 0 Å². The molecule has 1 fully saturated rings. The number of hydrogen-bond acceptors (Lipinski definition) is 3.